The summed E-state index contributed by atoms with van der Waals surface area (Å²) in [4.78, 5) is 4.30. The Kier molecular flexibility index (Phi) is 5.55. The molecule has 2 aromatic rings. The minimum absolute atomic E-state index is 0.106. The number of piperidine rings is 1. The van der Waals surface area contributed by atoms with Gasteiger partial charge in [0, 0.05) is 19.6 Å². The van der Waals surface area contributed by atoms with Crippen LogP contribution in [-0.2, 0) is 16.6 Å². The summed E-state index contributed by atoms with van der Waals surface area (Å²) in [7, 11) is -1.88. The van der Waals surface area contributed by atoms with Crippen molar-refractivity contribution in [2.24, 2.45) is 0 Å². The van der Waals surface area contributed by atoms with E-state index in [0.29, 0.717) is 25.5 Å². The largest absolute Gasteiger partial charge is 0.497 e. The summed E-state index contributed by atoms with van der Waals surface area (Å²) >= 11 is 0. The van der Waals surface area contributed by atoms with Gasteiger partial charge in [0.2, 0.25) is 0 Å². The molecule has 3 rings (SSSR count). The molecular weight excluding hydrogens is 338 g/mol. The van der Waals surface area contributed by atoms with E-state index in [4.69, 9.17) is 4.74 Å². The number of anilines is 1. The van der Waals surface area contributed by atoms with Crippen LogP contribution in [0.5, 0.6) is 5.75 Å². The predicted molar refractivity (Wildman–Crippen MR) is 97.2 cm³/mol. The van der Waals surface area contributed by atoms with Crippen molar-refractivity contribution in [1.82, 2.24) is 9.29 Å². The number of pyridine rings is 1. The molecule has 0 saturated carbocycles. The molecule has 0 spiro atoms. The highest BCUT2D eigenvalue weighted by Crippen LogP contribution is 2.20. The molecular formula is C18H23N3O3S. The SMILES string of the molecule is COc1ccc(CNc2cccc(S(=O)(=O)N3CCCCC3)n2)cc1. The van der Waals surface area contributed by atoms with Gasteiger partial charge in [-0.2, -0.15) is 4.31 Å². The fraction of sp³-hybridized carbons (Fsp3) is 0.389. The zero-order chi connectivity index (χ0) is 17.7. The molecule has 1 fully saturated rings. The van der Waals surface area contributed by atoms with E-state index in [9.17, 15) is 8.42 Å². The first-order valence-electron chi connectivity index (χ1n) is 8.43. The number of nitrogens with zero attached hydrogens (tertiary/aromatic N) is 2. The first-order chi connectivity index (χ1) is 12.1. The lowest BCUT2D eigenvalue weighted by atomic mass is 10.2. The minimum Gasteiger partial charge on any atom is -0.497 e. The molecule has 25 heavy (non-hydrogen) atoms. The van der Waals surface area contributed by atoms with Crippen molar-refractivity contribution in [2.45, 2.75) is 30.8 Å². The average molecular weight is 361 g/mol. The lowest BCUT2D eigenvalue weighted by Crippen LogP contribution is -2.36. The van der Waals surface area contributed by atoms with Crippen molar-refractivity contribution in [2.75, 3.05) is 25.5 Å². The number of rotatable bonds is 6. The first-order valence-corrected chi connectivity index (χ1v) is 9.87. The van der Waals surface area contributed by atoms with E-state index in [1.165, 1.54) is 4.31 Å². The fourth-order valence-electron chi connectivity index (χ4n) is 2.83. The molecule has 1 aromatic carbocycles. The highest BCUT2D eigenvalue weighted by atomic mass is 32.2. The summed E-state index contributed by atoms with van der Waals surface area (Å²) in [6.07, 6.45) is 2.91. The standard InChI is InChI=1S/C18H23N3O3S/c1-24-16-10-8-15(9-11-16)14-19-17-6-5-7-18(20-17)25(22,23)21-12-3-2-4-13-21/h5-11H,2-4,12-14H2,1H3,(H,19,20). The maximum atomic E-state index is 12.7. The number of nitrogens with one attached hydrogen (secondary N) is 1. The van der Waals surface area contributed by atoms with Crippen LogP contribution in [-0.4, -0.2) is 37.9 Å². The number of ether oxygens (including phenoxy) is 1. The normalized spacial score (nSPS) is 15.7. The van der Waals surface area contributed by atoms with Gasteiger partial charge in [0.05, 0.1) is 7.11 Å². The zero-order valence-electron chi connectivity index (χ0n) is 14.3. The Morgan fingerprint density at radius 3 is 2.48 bits per heavy atom. The van der Waals surface area contributed by atoms with Crippen LogP contribution < -0.4 is 10.1 Å². The Morgan fingerprint density at radius 2 is 1.80 bits per heavy atom. The van der Waals surface area contributed by atoms with Crippen LogP contribution in [0.25, 0.3) is 0 Å². The van der Waals surface area contributed by atoms with E-state index >= 15 is 0 Å². The molecule has 0 amide bonds. The second-order valence-corrected chi connectivity index (χ2v) is 7.91. The molecule has 1 saturated heterocycles. The lowest BCUT2D eigenvalue weighted by molar-refractivity contribution is 0.345. The molecule has 0 aliphatic carbocycles. The maximum absolute atomic E-state index is 12.7. The van der Waals surface area contributed by atoms with E-state index in [1.807, 2.05) is 24.3 Å². The van der Waals surface area contributed by atoms with E-state index in [-0.39, 0.29) is 5.03 Å². The number of hydrogen-bond acceptors (Lipinski definition) is 5. The van der Waals surface area contributed by atoms with Crippen molar-refractivity contribution >= 4 is 15.8 Å². The van der Waals surface area contributed by atoms with E-state index in [0.717, 1.165) is 30.6 Å². The van der Waals surface area contributed by atoms with Gasteiger partial charge in [-0.25, -0.2) is 13.4 Å². The van der Waals surface area contributed by atoms with Crippen molar-refractivity contribution in [3.8, 4) is 5.75 Å². The first kappa shape index (κ1) is 17.7. The Balaban J connectivity index is 1.70. The summed E-state index contributed by atoms with van der Waals surface area (Å²) in [6.45, 7) is 1.71. The van der Waals surface area contributed by atoms with Crippen LogP contribution in [0.3, 0.4) is 0 Å². The van der Waals surface area contributed by atoms with Gasteiger partial charge in [0.15, 0.2) is 5.03 Å². The van der Waals surface area contributed by atoms with Gasteiger partial charge in [-0.3, -0.25) is 0 Å². The summed E-state index contributed by atoms with van der Waals surface area (Å²) < 4.78 is 32.1. The number of benzene rings is 1. The molecule has 1 aliphatic heterocycles. The molecule has 0 atom stereocenters. The van der Waals surface area contributed by atoms with Gasteiger partial charge in [-0.1, -0.05) is 24.6 Å². The summed E-state index contributed by atoms with van der Waals surface area (Å²) in [5.74, 6) is 1.35. The monoisotopic (exact) mass is 361 g/mol. The van der Waals surface area contributed by atoms with Gasteiger partial charge >= 0.3 is 0 Å². The molecule has 1 N–H and O–H groups in total. The second kappa shape index (κ2) is 7.84. The van der Waals surface area contributed by atoms with E-state index in [1.54, 1.807) is 25.3 Å². The summed E-state index contributed by atoms with van der Waals surface area (Å²) in [5, 5.41) is 3.28. The Hall–Kier alpha value is -2.12. The van der Waals surface area contributed by atoms with Crippen molar-refractivity contribution < 1.29 is 13.2 Å². The van der Waals surface area contributed by atoms with Crippen LogP contribution in [0.1, 0.15) is 24.8 Å². The molecule has 6 nitrogen and oxygen atoms in total. The lowest BCUT2D eigenvalue weighted by Gasteiger charge is -2.25. The van der Waals surface area contributed by atoms with Crippen molar-refractivity contribution in [1.29, 1.82) is 0 Å². The molecule has 1 aromatic heterocycles. The molecule has 7 heteroatoms. The van der Waals surface area contributed by atoms with Gasteiger partial charge in [-0.15, -0.1) is 0 Å². The van der Waals surface area contributed by atoms with E-state index < -0.39 is 10.0 Å². The highest BCUT2D eigenvalue weighted by Gasteiger charge is 2.27. The van der Waals surface area contributed by atoms with Crippen LogP contribution in [0, 0.1) is 0 Å². The minimum atomic E-state index is -3.51. The number of sulfonamides is 1. The van der Waals surface area contributed by atoms with Crippen molar-refractivity contribution in [3.05, 3.63) is 48.0 Å². The smallest absolute Gasteiger partial charge is 0.260 e. The predicted octanol–water partition coefficient (Wildman–Crippen LogP) is 2.88. The number of aromatic nitrogens is 1. The molecule has 0 radical (unpaired) electrons. The highest BCUT2D eigenvalue weighted by molar-refractivity contribution is 7.89. The zero-order valence-corrected chi connectivity index (χ0v) is 15.1. The Labute approximate surface area is 148 Å². The third-order valence-corrected chi connectivity index (χ3v) is 6.08. The molecule has 2 heterocycles. The van der Waals surface area contributed by atoms with Gasteiger partial charge in [0.1, 0.15) is 11.6 Å². The van der Waals surface area contributed by atoms with E-state index in [2.05, 4.69) is 10.3 Å². The van der Waals surface area contributed by atoms with Crippen LogP contribution in [0.2, 0.25) is 0 Å². The third-order valence-electron chi connectivity index (χ3n) is 4.28. The van der Waals surface area contributed by atoms with Gasteiger partial charge in [-0.05, 0) is 42.7 Å². The van der Waals surface area contributed by atoms with Crippen LogP contribution >= 0.6 is 0 Å². The molecule has 134 valence electrons. The van der Waals surface area contributed by atoms with Crippen molar-refractivity contribution in [3.63, 3.8) is 0 Å². The summed E-state index contributed by atoms with van der Waals surface area (Å²) in [6, 6.07) is 12.8. The number of hydrogen-bond donors (Lipinski definition) is 1. The molecule has 0 bridgehead atoms. The number of methoxy groups -OCH3 is 1. The van der Waals surface area contributed by atoms with Crippen LogP contribution in [0.15, 0.2) is 47.5 Å². The average Bonchev–Trinajstić information content (AvgIpc) is 2.67. The molecule has 0 unspecified atom stereocenters. The third kappa shape index (κ3) is 4.29. The van der Waals surface area contributed by atoms with Crippen LogP contribution in [0.4, 0.5) is 5.82 Å². The maximum Gasteiger partial charge on any atom is 0.260 e. The quantitative estimate of drug-likeness (QED) is 0.857. The molecule has 1 aliphatic rings. The fourth-order valence-corrected chi connectivity index (χ4v) is 4.30. The Morgan fingerprint density at radius 1 is 1.08 bits per heavy atom. The topological polar surface area (TPSA) is 71.5 Å². The Bertz CT molecular complexity index is 801. The summed E-state index contributed by atoms with van der Waals surface area (Å²) in [5.41, 5.74) is 1.06. The second-order valence-electron chi connectivity index (χ2n) is 6.03. The van der Waals surface area contributed by atoms with Gasteiger partial charge in [0.25, 0.3) is 10.0 Å². The van der Waals surface area contributed by atoms with Gasteiger partial charge < -0.3 is 10.1 Å².